The van der Waals surface area contributed by atoms with E-state index in [0.29, 0.717) is 35.5 Å². The molecule has 26 heavy (non-hydrogen) atoms. The second-order valence-electron chi connectivity index (χ2n) is 5.68. The molecular formula is C18H16ClF2N3O2. The van der Waals surface area contributed by atoms with Gasteiger partial charge in [-0.15, -0.1) is 10.2 Å². The topological polar surface area (TPSA) is 51.4 Å². The molecule has 0 fully saturated rings. The molecule has 0 aliphatic heterocycles. The summed E-state index contributed by atoms with van der Waals surface area (Å²) in [6.07, 6.45) is 0. The molecule has 3 rings (SSSR count). The van der Waals surface area contributed by atoms with Gasteiger partial charge >= 0.3 is 6.61 Å². The van der Waals surface area contributed by atoms with Crippen molar-refractivity contribution in [2.45, 2.75) is 19.7 Å². The van der Waals surface area contributed by atoms with Gasteiger partial charge in [-0.1, -0.05) is 35.9 Å². The van der Waals surface area contributed by atoms with Crippen molar-refractivity contribution in [2.24, 2.45) is 0 Å². The van der Waals surface area contributed by atoms with Gasteiger partial charge in [-0.05, 0) is 36.9 Å². The Morgan fingerprint density at radius 2 is 1.81 bits per heavy atom. The molecule has 0 N–H and O–H groups in total. The summed E-state index contributed by atoms with van der Waals surface area (Å²) in [5, 5.41) is 8.62. The molecule has 0 aliphatic rings. The summed E-state index contributed by atoms with van der Waals surface area (Å²) < 4.78 is 34.3. The van der Waals surface area contributed by atoms with Crippen LogP contribution in [0.5, 0.6) is 5.75 Å². The van der Waals surface area contributed by atoms with E-state index in [1.54, 1.807) is 18.2 Å². The molecule has 0 atom stereocenters. The second-order valence-corrected chi connectivity index (χ2v) is 6.08. The third kappa shape index (κ3) is 4.77. The summed E-state index contributed by atoms with van der Waals surface area (Å²) in [6.45, 7) is -1.81. The minimum absolute atomic E-state index is 0.132. The van der Waals surface area contributed by atoms with Crippen molar-refractivity contribution < 1.29 is 17.9 Å². The molecule has 1 aromatic heterocycles. The third-order valence-electron chi connectivity index (χ3n) is 3.58. The van der Waals surface area contributed by atoms with E-state index in [9.17, 15) is 8.78 Å². The van der Waals surface area contributed by atoms with E-state index in [0.717, 1.165) is 5.56 Å². The molecule has 5 nitrogen and oxygen atoms in total. The van der Waals surface area contributed by atoms with Crippen molar-refractivity contribution in [1.82, 2.24) is 15.1 Å². The lowest BCUT2D eigenvalue weighted by Gasteiger charge is -2.14. The van der Waals surface area contributed by atoms with E-state index in [1.165, 1.54) is 12.1 Å². The van der Waals surface area contributed by atoms with Crippen LogP contribution in [-0.4, -0.2) is 28.8 Å². The van der Waals surface area contributed by atoms with Gasteiger partial charge in [-0.25, -0.2) is 0 Å². The smallest absolute Gasteiger partial charge is 0.387 e. The first-order chi connectivity index (χ1) is 12.5. The van der Waals surface area contributed by atoms with Crippen molar-refractivity contribution in [3.63, 3.8) is 0 Å². The lowest BCUT2D eigenvalue weighted by atomic mass is 10.2. The summed E-state index contributed by atoms with van der Waals surface area (Å²) in [5.74, 6) is 0.959. The fourth-order valence-corrected chi connectivity index (χ4v) is 2.65. The fraction of sp³-hybridized carbons (Fsp3) is 0.222. The van der Waals surface area contributed by atoms with Gasteiger partial charge < -0.3 is 9.15 Å². The van der Waals surface area contributed by atoms with Gasteiger partial charge in [0.25, 0.3) is 0 Å². The molecule has 0 saturated heterocycles. The van der Waals surface area contributed by atoms with Crippen LogP contribution in [0.1, 0.15) is 11.5 Å². The Balaban J connectivity index is 1.60. The van der Waals surface area contributed by atoms with Gasteiger partial charge in [0.15, 0.2) is 0 Å². The Hall–Kier alpha value is -2.51. The fourth-order valence-electron chi connectivity index (χ4n) is 2.44. The lowest BCUT2D eigenvalue weighted by Crippen LogP contribution is -2.17. The Morgan fingerprint density at radius 3 is 2.50 bits per heavy atom. The van der Waals surface area contributed by atoms with E-state index < -0.39 is 6.61 Å². The summed E-state index contributed by atoms with van der Waals surface area (Å²) in [4.78, 5) is 1.97. The number of ether oxygens (including phenoxy) is 1. The van der Waals surface area contributed by atoms with Gasteiger partial charge in [0.2, 0.25) is 11.8 Å². The molecule has 136 valence electrons. The van der Waals surface area contributed by atoms with E-state index in [2.05, 4.69) is 14.9 Å². The second kappa shape index (κ2) is 8.25. The van der Waals surface area contributed by atoms with Gasteiger partial charge in [0.1, 0.15) is 5.75 Å². The molecule has 0 amide bonds. The number of alkyl halides is 2. The number of aromatic nitrogens is 2. The Morgan fingerprint density at radius 1 is 1.08 bits per heavy atom. The molecule has 0 radical (unpaired) electrons. The number of hydrogen-bond donors (Lipinski definition) is 0. The van der Waals surface area contributed by atoms with Crippen molar-refractivity contribution >= 4 is 11.6 Å². The molecule has 8 heteroatoms. The van der Waals surface area contributed by atoms with E-state index in [-0.39, 0.29) is 5.75 Å². The standard InChI is InChI=1S/C18H16ClF2N3O2/c1-24(10-12-6-8-13(9-7-12)25-18(20)21)11-16-22-23-17(26-16)14-4-2-3-5-15(14)19/h2-9,18H,10-11H2,1H3. The Kier molecular flexibility index (Phi) is 5.80. The molecule has 3 aromatic rings. The van der Waals surface area contributed by atoms with Crippen molar-refractivity contribution in [2.75, 3.05) is 7.05 Å². The van der Waals surface area contributed by atoms with E-state index in [1.807, 2.05) is 30.1 Å². The Labute approximate surface area is 154 Å². The maximum absolute atomic E-state index is 12.2. The maximum Gasteiger partial charge on any atom is 0.387 e. The van der Waals surface area contributed by atoms with Gasteiger partial charge in [-0.3, -0.25) is 4.90 Å². The van der Waals surface area contributed by atoms with Crippen LogP contribution in [0, 0.1) is 0 Å². The number of hydrogen-bond acceptors (Lipinski definition) is 5. The van der Waals surface area contributed by atoms with Gasteiger partial charge in [0.05, 0.1) is 17.1 Å². The minimum Gasteiger partial charge on any atom is -0.435 e. The average molecular weight is 380 g/mol. The molecule has 0 aliphatic carbocycles. The van der Waals surface area contributed by atoms with Crippen LogP contribution < -0.4 is 4.74 Å². The normalized spacial score (nSPS) is 11.3. The predicted molar refractivity (Wildman–Crippen MR) is 93.0 cm³/mol. The highest BCUT2D eigenvalue weighted by Gasteiger charge is 2.13. The van der Waals surface area contributed by atoms with Crippen LogP contribution in [0.3, 0.4) is 0 Å². The first-order valence-corrected chi connectivity index (χ1v) is 8.18. The highest BCUT2D eigenvalue weighted by Crippen LogP contribution is 2.26. The van der Waals surface area contributed by atoms with Crippen molar-refractivity contribution in [3.8, 4) is 17.2 Å². The molecule has 2 aromatic carbocycles. The van der Waals surface area contributed by atoms with Gasteiger partial charge in [0, 0.05) is 6.54 Å². The number of rotatable bonds is 7. The highest BCUT2D eigenvalue weighted by molar-refractivity contribution is 6.33. The van der Waals surface area contributed by atoms with Crippen LogP contribution in [-0.2, 0) is 13.1 Å². The largest absolute Gasteiger partial charge is 0.435 e. The van der Waals surface area contributed by atoms with E-state index in [4.69, 9.17) is 16.0 Å². The SMILES string of the molecule is CN(Cc1ccc(OC(F)F)cc1)Cc1nnc(-c2ccccc2Cl)o1. The maximum atomic E-state index is 12.2. The first kappa shape index (κ1) is 18.3. The van der Waals surface area contributed by atoms with Gasteiger partial charge in [-0.2, -0.15) is 8.78 Å². The number of benzene rings is 2. The highest BCUT2D eigenvalue weighted by atomic mass is 35.5. The lowest BCUT2D eigenvalue weighted by molar-refractivity contribution is -0.0498. The zero-order valence-corrected chi connectivity index (χ0v) is 14.7. The van der Waals surface area contributed by atoms with Crippen LogP contribution in [0.2, 0.25) is 5.02 Å². The van der Waals surface area contributed by atoms with Crippen LogP contribution >= 0.6 is 11.6 Å². The quantitative estimate of drug-likeness (QED) is 0.599. The summed E-state index contributed by atoms with van der Waals surface area (Å²) >= 11 is 6.13. The van der Waals surface area contributed by atoms with Crippen molar-refractivity contribution in [3.05, 3.63) is 65.0 Å². The molecular weight excluding hydrogens is 364 g/mol. The zero-order valence-electron chi connectivity index (χ0n) is 13.9. The first-order valence-electron chi connectivity index (χ1n) is 7.81. The zero-order chi connectivity index (χ0) is 18.5. The van der Waals surface area contributed by atoms with E-state index >= 15 is 0 Å². The molecule has 0 unspecified atom stereocenters. The molecule has 0 saturated carbocycles. The minimum atomic E-state index is -2.83. The number of nitrogens with zero attached hydrogens (tertiary/aromatic N) is 3. The van der Waals surface area contributed by atoms with Crippen LogP contribution in [0.4, 0.5) is 8.78 Å². The summed E-state index contributed by atoms with van der Waals surface area (Å²) in [7, 11) is 1.89. The van der Waals surface area contributed by atoms with Crippen LogP contribution in [0.15, 0.2) is 52.9 Å². The predicted octanol–water partition coefficient (Wildman–Crippen LogP) is 4.62. The third-order valence-corrected chi connectivity index (χ3v) is 3.91. The molecule has 1 heterocycles. The monoisotopic (exact) mass is 379 g/mol. The average Bonchev–Trinajstić information content (AvgIpc) is 3.04. The Bertz CT molecular complexity index is 856. The summed E-state index contributed by atoms with van der Waals surface area (Å²) in [5.41, 5.74) is 1.63. The molecule has 0 bridgehead atoms. The van der Waals surface area contributed by atoms with Crippen molar-refractivity contribution in [1.29, 1.82) is 0 Å². The molecule has 0 spiro atoms. The van der Waals surface area contributed by atoms with Crippen LogP contribution in [0.25, 0.3) is 11.5 Å². The number of halogens is 3. The summed E-state index contributed by atoms with van der Waals surface area (Å²) in [6, 6.07) is 13.7.